The van der Waals surface area contributed by atoms with Gasteiger partial charge in [-0.1, -0.05) is 5.16 Å². The van der Waals surface area contributed by atoms with Gasteiger partial charge in [-0.3, -0.25) is 0 Å². The van der Waals surface area contributed by atoms with E-state index in [-0.39, 0.29) is 17.3 Å². The van der Waals surface area contributed by atoms with E-state index in [9.17, 15) is 8.42 Å². The lowest BCUT2D eigenvalue weighted by Crippen LogP contribution is -2.49. The maximum absolute atomic E-state index is 11.8. The van der Waals surface area contributed by atoms with E-state index in [2.05, 4.69) is 10.1 Å². The minimum Gasteiger partial charge on any atom is -0.409 e. The number of morpholine rings is 1. The van der Waals surface area contributed by atoms with Crippen molar-refractivity contribution in [1.82, 2.24) is 4.98 Å². The highest BCUT2D eigenvalue weighted by molar-refractivity contribution is 7.90. The van der Waals surface area contributed by atoms with Gasteiger partial charge in [0.1, 0.15) is 16.8 Å². The summed E-state index contributed by atoms with van der Waals surface area (Å²) >= 11 is 0. The van der Waals surface area contributed by atoms with E-state index in [0.717, 1.165) is 6.26 Å². The average molecular weight is 300 g/mol. The first kappa shape index (κ1) is 14.5. The molecule has 0 radical (unpaired) electrons. The molecule has 0 bridgehead atoms. The van der Waals surface area contributed by atoms with Crippen LogP contribution < -0.4 is 10.6 Å². The molecule has 2 heterocycles. The summed E-state index contributed by atoms with van der Waals surface area (Å²) in [6.45, 7) is 1.09. The van der Waals surface area contributed by atoms with Crippen LogP contribution in [-0.2, 0) is 14.6 Å². The molecule has 0 saturated carbocycles. The summed E-state index contributed by atoms with van der Waals surface area (Å²) in [5.74, 6) is 0.306. The molecule has 1 atom stereocenters. The fraction of sp³-hybridized carbons (Fsp3) is 0.455. The van der Waals surface area contributed by atoms with E-state index in [1.807, 2.05) is 0 Å². The number of nitrogens with two attached hydrogens (primary N) is 1. The smallest absolute Gasteiger partial charge is 0.179 e. The van der Waals surface area contributed by atoms with Gasteiger partial charge in [-0.15, -0.1) is 0 Å². The van der Waals surface area contributed by atoms with Crippen LogP contribution in [0.5, 0.6) is 0 Å². The van der Waals surface area contributed by atoms with Crippen LogP contribution in [0.4, 0.5) is 5.82 Å². The summed E-state index contributed by atoms with van der Waals surface area (Å²) in [5.41, 5.74) is 5.52. The number of anilines is 1. The zero-order valence-corrected chi connectivity index (χ0v) is 11.7. The lowest BCUT2D eigenvalue weighted by molar-refractivity contribution is 0.0802. The molecule has 2 rings (SSSR count). The highest BCUT2D eigenvalue weighted by Crippen LogP contribution is 2.24. The molecule has 1 aliphatic rings. The van der Waals surface area contributed by atoms with Gasteiger partial charge in [0, 0.05) is 19.0 Å². The molecule has 0 amide bonds. The zero-order chi connectivity index (χ0) is 14.8. The normalized spacial score (nSPS) is 20.9. The van der Waals surface area contributed by atoms with Crippen molar-refractivity contribution in [3.8, 4) is 0 Å². The van der Waals surface area contributed by atoms with Gasteiger partial charge < -0.3 is 20.6 Å². The Kier molecular flexibility index (Phi) is 4.09. The fourth-order valence-electron chi connectivity index (χ4n) is 1.99. The second kappa shape index (κ2) is 5.63. The molecule has 8 nitrogen and oxygen atoms in total. The van der Waals surface area contributed by atoms with Crippen molar-refractivity contribution in [3.63, 3.8) is 0 Å². The molecule has 1 saturated heterocycles. The Morgan fingerprint density at radius 2 is 2.40 bits per heavy atom. The second-order valence-corrected chi connectivity index (χ2v) is 6.41. The first-order valence-electron chi connectivity index (χ1n) is 5.92. The number of hydrogen-bond donors (Lipinski definition) is 2. The van der Waals surface area contributed by atoms with Crippen LogP contribution in [0, 0.1) is 0 Å². The maximum Gasteiger partial charge on any atom is 0.179 e. The monoisotopic (exact) mass is 300 g/mol. The molecule has 110 valence electrons. The molecule has 3 N–H and O–H groups in total. The third kappa shape index (κ3) is 2.99. The lowest BCUT2D eigenvalue weighted by Gasteiger charge is -2.33. The van der Waals surface area contributed by atoms with Gasteiger partial charge in [0.25, 0.3) is 0 Å². The molecule has 1 unspecified atom stereocenters. The molecule has 20 heavy (non-hydrogen) atoms. The van der Waals surface area contributed by atoms with Crippen LogP contribution in [0.2, 0.25) is 0 Å². The number of amidine groups is 1. The van der Waals surface area contributed by atoms with Gasteiger partial charge in [0.05, 0.1) is 13.2 Å². The largest absolute Gasteiger partial charge is 0.409 e. The molecule has 1 aromatic rings. The first-order chi connectivity index (χ1) is 9.43. The van der Waals surface area contributed by atoms with Crippen LogP contribution in [0.1, 0.15) is 0 Å². The maximum atomic E-state index is 11.8. The standard InChI is InChI=1S/C11H16N4O4S/c1-20(17,18)9-3-2-4-13-11(9)15-5-6-19-8(7-15)10(12)14-16/h2-4,8,16H,5-7H2,1H3,(H2,12,14). The van der Waals surface area contributed by atoms with Gasteiger partial charge in [-0.25, -0.2) is 13.4 Å². The molecule has 1 fully saturated rings. The Labute approximate surface area is 116 Å². The molecule has 1 aliphatic heterocycles. The number of sulfone groups is 1. The number of oxime groups is 1. The van der Waals surface area contributed by atoms with Crippen LogP contribution >= 0.6 is 0 Å². The molecule has 0 spiro atoms. The van der Waals surface area contributed by atoms with E-state index >= 15 is 0 Å². The van der Waals surface area contributed by atoms with Crippen LogP contribution in [0.25, 0.3) is 0 Å². The minimum atomic E-state index is -3.38. The number of nitrogens with zero attached hydrogens (tertiary/aromatic N) is 3. The van der Waals surface area contributed by atoms with Gasteiger partial charge in [0.15, 0.2) is 15.7 Å². The molecule has 0 aromatic carbocycles. The van der Waals surface area contributed by atoms with Gasteiger partial charge in [-0.2, -0.15) is 0 Å². The average Bonchev–Trinajstić information content (AvgIpc) is 2.45. The Hall–Kier alpha value is -1.87. The van der Waals surface area contributed by atoms with Gasteiger partial charge in [0.2, 0.25) is 0 Å². The first-order valence-corrected chi connectivity index (χ1v) is 7.81. The number of rotatable bonds is 3. The lowest BCUT2D eigenvalue weighted by atomic mass is 10.2. The Bertz CT molecular complexity index is 617. The van der Waals surface area contributed by atoms with E-state index in [1.165, 1.54) is 12.3 Å². The number of pyridine rings is 1. The van der Waals surface area contributed by atoms with E-state index < -0.39 is 15.9 Å². The minimum absolute atomic E-state index is 0.0495. The predicted octanol–water partition coefficient (Wildman–Crippen LogP) is -0.563. The summed E-state index contributed by atoms with van der Waals surface area (Å²) in [5, 5.41) is 11.6. The highest BCUT2D eigenvalue weighted by Gasteiger charge is 2.27. The Morgan fingerprint density at radius 1 is 1.65 bits per heavy atom. The van der Waals surface area contributed by atoms with E-state index in [1.54, 1.807) is 11.0 Å². The molecule has 9 heteroatoms. The zero-order valence-electron chi connectivity index (χ0n) is 10.9. The Balaban J connectivity index is 2.33. The summed E-state index contributed by atoms with van der Waals surface area (Å²) in [7, 11) is -3.38. The summed E-state index contributed by atoms with van der Waals surface area (Å²) in [6.07, 6.45) is 2.07. The van der Waals surface area contributed by atoms with Crippen LogP contribution in [0.15, 0.2) is 28.4 Å². The second-order valence-electron chi connectivity index (χ2n) is 4.43. The summed E-state index contributed by atoms with van der Waals surface area (Å²) < 4.78 is 28.9. The molecule has 1 aromatic heterocycles. The SMILES string of the molecule is CS(=O)(=O)c1cccnc1N1CCOC(/C(N)=N/O)C1. The van der Waals surface area contributed by atoms with Crippen molar-refractivity contribution in [2.75, 3.05) is 30.9 Å². The predicted molar refractivity (Wildman–Crippen MR) is 72.7 cm³/mol. The van der Waals surface area contributed by atoms with E-state index in [0.29, 0.717) is 19.0 Å². The quantitative estimate of drug-likeness (QED) is 0.332. The van der Waals surface area contributed by atoms with Crippen molar-refractivity contribution < 1.29 is 18.4 Å². The molecular formula is C11H16N4O4S. The summed E-state index contributed by atoms with van der Waals surface area (Å²) in [6, 6.07) is 3.08. The number of hydrogen-bond acceptors (Lipinski definition) is 7. The van der Waals surface area contributed by atoms with Gasteiger partial charge >= 0.3 is 0 Å². The van der Waals surface area contributed by atoms with Gasteiger partial charge in [-0.05, 0) is 12.1 Å². The third-order valence-corrected chi connectivity index (χ3v) is 4.08. The van der Waals surface area contributed by atoms with Crippen molar-refractivity contribution >= 4 is 21.5 Å². The van der Waals surface area contributed by atoms with E-state index in [4.69, 9.17) is 15.7 Å². The van der Waals surface area contributed by atoms with Crippen LogP contribution in [0.3, 0.4) is 0 Å². The van der Waals surface area contributed by atoms with Crippen LogP contribution in [-0.4, -0.2) is 56.5 Å². The van der Waals surface area contributed by atoms with Crippen molar-refractivity contribution in [2.45, 2.75) is 11.0 Å². The Morgan fingerprint density at radius 3 is 3.05 bits per heavy atom. The van der Waals surface area contributed by atoms with Crippen molar-refractivity contribution in [1.29, 1.82) is 0 Å². The topological polar surface area (TPSA) is 118 Å². The molecular weight excluding hydrogens is 284 g/mol. The fourth-order valence-corrected chi connectivity index (χ4v) is 2.83. The highest BCUT2D eigenvalue weighted by atomic mass is 32.2. The van der Waals surface area contributed by atoms with Crippen molar-refractivity contribution in [3.05, 3.63) is 18.3 Å². The van der Waals surface area contributed by atoms with Crippen molar-refractivity contribution in [2.24, 2.45) is 10.9 Å². The third-order valence-electron chi connectivity index (χ3n) is 2.96. The number of aromatic nitrogens is 1. The summed E-state index contributed by atoms with van der Waals surface area (Å²) in [4.78, 5) is 6.04. The number of ether oxygens (including phenoxy) is 1. The molecule has 0 aliphatic carbocycles.